The first kappa shape index (κ1) is 13.1. The fourth-order valence-corrected chi connectivity index (χ4v) is 2.31. The van der Waals surface area contributed by atoms with E-state index in [1.54, 1.807) is 0 Å². The van der Waals surface area contributed by atoms with Gasteiger partial charge in [-0.05, 0) is 11.1 Å². The molecule has 18 heavy (non-hydrogen) atoms. The maximum absolute atomic E-state index is 11.8. The van der Waals surface area contributed by atoms with E-state index in [4.69, 9.17) is 0 Å². The SMILES string of the molecule is CC(C)(C)C(=O)NCC1(O)Cc2ccccc2C1. The Morgan fingerprint density at radius 2 is 1.78 bits per heavy atom. The molecule has 0 saturated heterocycles. The van der Waals surface area contributed by atoms with E-state index >= 15 is 0 Å². The van der Waals surface area contributed by atoms with Crippen molar-refractivity contribution in [3.63, 3.8) is 0 Å². The van der Waals surface area contributed by atoms with E-state index in [1.807, 2.05) is 45.0 Å². The van der Waals surface area contributed by atoms with E-state index in [9.17, 15) is 9.90 Å². The highest BCUT2D eigenvalue weighted by atomic mass is 16.3. The molecule has 0 unspecified atom stereocenters. The van der Waals surface area contributed by atoms with Crippen molar-refractivity contribution in [2.24, 2.45) is 5.41 Å². The van der Waals surface area contributed by atoms with Crippen molar-refractivity contribution in [1.29, 1.82) is 0 Å². The summed E-state index contributed by atoms with van der Waals surface area (Å²) >= 11 is 0. The minimum absolute atomic E-state index is 0.0214. The Morgan fingerprint density at radius 1 is 1.28 bits per heavy atom. The minimum atomic E-state index is -0.829. The summed E-state index contributed by atoms with van der Waals surface area (Å²) in [5.74, 6) is -0.0214. The molecule has 1 aliphatic carbocycles. The van der Waals surface area contributed by atoms with Crippen molar-refractivity contribution in [2.45, 2.75) is 39.2 Å². The molecule has 3 nitrogen and oxygen atoms in total. The molecular weight excluding hydrogens is 226 g/mol. The standard InChI is InChI=1S/C15H21NO2/c1-14(2,3)13(17)16-10-15(18)8-11-6-4-5-7-12(11)9-15/h4-7,18H,8-10H2,1-3H3,(H,16,17). The van der Waals surface area contributed by atoms with Crippen LogP contribution in [0.25, 0.3) is 0 Å². The summed E-state index contributed by atoms with van der Waals surface area (Å²) in [5.41, 5.74) is 1.13. The summed E-state index contributed by atoms with van der Waals surface area (Å²) in [6.07, 6.45) is 1.24. The normalized spacial score (nSPS) is 17.3. The number of aliphatic hydroxyl groups is 1. The number of carbonyl (C=O) groups is 1. The van der Waals surface area contributed by atoms with Crippen LogP contribution < -0.4 is 5.32 Å². The minimum Gasteiger partial charge on any atom is -0.387 e. The van der Waals surface area contributed by atoms with Crippen molar-refractivity contribution in [3.8, 4) is 0 Å². The largest absolute Gasteiger partial charge is 0.387 e. The maximum atomic E-state index is 11.8. The first-order valence-electron chi connectivity index (χ1n) is 6.38. The predicted molar refractivity (Wildman–Crippen MR) is 71.3 cm³/mol. The van der Waals surface area contributed by atoms with Gasteiger partial charge in [0.05, 0.1) is 5.60 Å². The van der Waals surface area contributed by atoms with Crippen LogP contribution in [0.15, 0.2) is 24.3 Å². The Labute approximate surface area is 108 Å². The van der Waals surface area contributed by atoms with E-state index in [-0.39, 0.29) is 5.91 Å². The number of carbonyl (C=O) groups excluding carboxylic acids is 1. The highest BCUT2D eigenvalue weighted by molar-refractivity contribution is 5.81. The molecule has 1 amide bonds. The zero-order valence-electron chi connectivity index (χ0n) is 11.3. The van der Waals surface area contributed by atoms with E-state index in [0.717, 1.165) is 0 Å². The lowest BCUT2D eigenvalue weighted by atomic mass is 9.94. The number of fused-ring (bicyclic) bond motifs is 1. The van der Waals surface area contributed by atoms with Gasteiger partial charge in [0.25, 0.3) is 0 Å². The van der Waals surface area contributed by atoms with Crippen LogP contribution in [-0.2, 0) is 17.6 Å². The molecule has 1 aliphatic rings. The molecule has 0 heterocycles. The van der Waals surface area contributed by atoms with Crippen LogP contribution >= 0.6 is 0 Å². The molecule has 0 aromatic heterocycles. The lowest BCUT2D eigenvalue weighted by Crippen LogP contribution is -2.46. The van der Waals surface area contributed by atoms with Crippen LogP contribution in [0.4, 0.5) is 0 Å². The second-order valence-corrected chi connectivity index (χ2v) is 6.28. The van der Waals surface area contributed by atoms with Crippen LogP contribution in [0.1, 0.15) is 31.9 Å². The lowest BCUT2D eigenvalue weighted by molar-refractivity contribution is -0.129. The first-order chi connectivity index (χ1) is 8.30. The molecule has 0 spiro atoms. The van der Waals surface area contributed by atoms with Gasteiger partial charge in [0, 0.05) is 24.8 Å². The predicted octanol–water partition coefficient (Wildman–Crippen LogP) is 1.68. The highest BCUT2D eigenvalue weighted by Crippen LogP contribution is 2.29. The Bertz CT molecular complexity index is 435. The molecule has 2 rings (SSSR count). The monoisotopic (exact) mass is 247 g/mol. The average Bonchev–Trinajstić information content (AvgIpc) is 2.61. The Hall–Kier alpha value is -1.35. The number of benzene rings is 1. The fraction of sp³-hybridized carbons (Fsp3) is 0.533. The van der Waals surface area contributed by atoms with Gasteiger partial charge in [0.1, 0.15) is 0 Å². The summed E-state index contributed by atoms with van der Waals surface area (Å²) in [6.45, 7) is 5.93. The van der Waals surface area contributed by atoms with Gasteiger partial charge >= 0.3 is 0 Å². The zero-order valence-corrected chi connectivity index (χ0v) is 11.3. The first-order valence-corrected chi connectivity index (χ1v) is 6.38. The number of hydrogen-bond acceptors (Lipinski definition) is 2. The summed E-state index contributed by atoms with van der Waals surface area (Å²) in [7, 11) is 0. The number of nitrogens with one attached hydrogen (secondary N) is 1. The van der Waals surface area contributed by atoms with Crippen molar-refractivity contribution in [1.82, 2.24) is 5.32 Å². The molecule has 0 radical (unpaired) electrons. The number of rotatable bonds is 2. The average molecular weight is 247 g/mol. The molecule has 3 heteroatoms. The molecule has 0 saturated carbocycles. The number of amides is 1. The molecular formula is C15H21NO2. The van der Waals surface area contributed by atoms with E-state index in [2.05, 4.69) is 5.32 Å². The third kappa shape index (κ3) is 2.72. The van der Waals surface area contributed by atoms with Crippen molar-refractivity contribution < 1.29 is 9.90 Å². The highest BCUT2D eigenvalue weighted by Gasteiger charge is 2.36. The van der Waals surface area contributed by atoms with Crippen molar-refractivity contribution in [3.05, 3.63) is 35.4 Å². The smallest absolute Gasteiger partial charge is 0.225 e. The Kier molecular flexibility index (Phi) is 3.20. The van der Waals surface area contributed by atoms with Gasteiger partial charge in [0.2, 0.25) is 5.91 Å². The number of hydrogen-bond donors (Lipinski definition) is 2. The molecule has 1 aromatic carbocycles. The van der Waals surface area contributed by atoms with E-state index in [1.165, 1.54) is 11.1 Å². The van der Waals surface area contributed by atoms with Crippen molar-refractivity contribution in [2.75, 3.05) is 6.54 Å². The van der Waals surface area contributed by atoms with Gasteiger partial charge in [-0.2, -0.15) is 0 Å². The molecule has 1 aromatic rings. The van der Waals surface area contributed by atoms with Crippen molar-refractivity contribution >= 4 is 5.91 Å². The molecule has 0 bridgehead atoms. The summed E-state index contributed by atoms with van der Waals surface area (Å²) in [6, 6.07) is 8.05. The third-order valence-corrected chi connectivity index (χ3v) is 3.42. The van der Waals surface area contributed by atoms with Gasteiger partial charge in [-0.15, -0.1) is 0 Å². The lowest BCUT2D eigenvalue weighted by Gasteiger charge is -2.25. The quantitative estimate of drug-likeness (QED) is 0.835. The summed E-state index contributed by atoms with van der Waals surface area (Å²) < 4.78 is 0. The van der Waals surface area contributed by atoms with Gasteiger partial charge in [-0.25, -0.2) is 0 Å². The van der Waals surface area contributed by atoms with Gasteiger partial charge in [0.15, 0.2) is 0 Å². The molecule has 2 N–H and O–H groups in total. The van der Waals surface area contributed by atoms with Crippen LogP contribution in [0, 0.1) is 5.41 Å². The fourth-order valence-electron chi connectivity index (χ4n) is 2.31. The molecule has 98 valence electrons. The van der Waals surface area contributed by atoms with Gasteiger partial charge in [-0.3, -0.25) is 4.79 Å². The topological polar surface area (TPSA) is 49.3 Å². The second-order valence-electron chi connectivity index (χ2n) is 6.28. The van der Waals surface area contributed by atoms with Crippen LogP contribution in [0.5, 0.6) is 0 Å². The zero-order chi connectivity index (χ0) is 13.4. The third-order valence-electron chi connectivity index (χ3n) is 3.42. The Balaban J connectivity index is 1.98. The molecule has 0 aliphatic heterocycles. The van der Waals surface area contributed by atoms with E-state index < -0.39 is 11.0 Å². The van der Waals surface area contributed by atoms with Crippen LogP contribution in [-0.4, -0.2) is 23.2 Å². The summed E-state index contributed by atoms with van der Waals surface area (Å²) in [4.78, 5) is 11.8. The Morgan fingerprint density at radius 3 is 2.22 bits per heavy atom. The molecule has 0 atom stereocenters. The molecule has 0 fully saturated rings. The van der Waals surface area contributed by atoms with Gasteiger partial charge in [-0.1, -0.05) is 45.0 Å². The van der Waals surface area contributed by atoms with Crippen LogP contribution in [0.3, 0.4) is 0 Å². The second kappa shape index (κ2) is 4.39. The van der Waals surface area contributed by atoms with E-state index in [0.29, 0.717) is 19.4 Å². The maximum Gasteiger partial charge on any atom is 0.225 e. The summed E-state index contributed by atoms with van der Waals surface area (Å²) in [5, 5.41) is 13.4. The van der Waals surface area contributed by atoms with Gasteiger partial charge < -0.3 is 10.4 Å². The van der Waals surface area contributed by atoms with Crippen LogP contribution in [0.2, 0.25) is 0 Å².